The number of carbonyl (C=O) groups is 3. The van der Waals surface area contributed by atoms with Crippen LogP contribution in [0.2, 0.25) is 0 Å². The first-order valence-corrected chi connectivity index (χ1v) is 12.6. The Labute approximate surface area is 184 Å². The molecular weight excluding hydrogens is 378 g/mol. The predicted octanol–water partition coefficient (Wildman–Crippen LogP) is 6.58. The molecule has 0 aliphatic heterocycles. The molecule has 0 aliphatic carbocycles. The zero-order chi connectivity index (χ0) is 22.5. The maximum atomic E-state index is 12.2. The molecule has 1 amide bonds. The summed E-state index contributed by atoms with van der Waals surface area (Å²) >= 11 is 0. The monoisotopic (exact) mass is 425 g/mol. The van der Waals surface area contributed by atoms with Crippen molar-refractivity contribution in [3.05, 3.63) is 0 Å². The summed E-state index contributed by atoms with van der Waals surface area (Å²) in [6.07, 6.45) is 19.2. The van der Waals surface area contributed by atoms with Gasteiger partial charge in [-0.3, -0.25) is 14.4 Å². The summed E-state index contributed by atoms with van der Waals surface area (Å²) < 4.78 is 0. The van der Waals surface area contributed by atoms with E-state index in [2.05, 4.69) is 19.2 Å². The number of aliphatic carboxylic acids is 1. The highest BCUT2D eigenvalue weighted by atomic mass is 16.4. The van der Waals surface area contributed by atoms with Gasteiger partial charge in [0.15, 0.2) is 0 Å². The molecule has 0 bridgehead atoms. The van der Waals surface area contributed by atoms with Crippen molar-refractivity contribution < 1.29 is 19.5 Å². The predicted molar refractivity (Wildman–Crippen MR) is 124 cm³/mol. The fourth-order valence-corrected chi connectivity index (χ4v) is 3.74. The molecule has 5 heteroatoms. The number of carbonyl (C=O) groups excluding carboxylic acids is 2. The Bertz CT molecular complexity index is 450. The second-order valence-corrected chi connectivity index (χ2v) is 8.66. The molecule has 0 heterocycles. The molecule has 5 nitrogen and oxygen atoms in total. The molecule has 176 valence electrons. The SMILES string of the molecule is CCCCCCCCCCCCCCC(=O)C(=O)N[C@@H](CCCC)CCCC(=O)O. The van der Waals surface area contributed by atoms with Gasteiger partial charge >= 0.3 is 5.97 Å². The summed E-state index contributed by atoms with van der Waals surface area (Å²) in [5.41, 5.74) is 0. The van der Waals surface area contributed by atoms with Gasteiger partial charge in [-0.1, -0.05) is 97.3 Å². The van der Waals surface area contributed by atoms with Crippen molar-refractivity contribution in [3.63, 3.8) is 0 Å². The van der Waals surface area contributed by atoms with E-state index in [1.165, 1.54) is 57.8 Å². The van der Waals surface area contributed by atoms with Gasteiger partial charge in [0.25, 0.3) is 5.91 Å². The number of nitrogens with one attached hydrogen (secondary N) is 1. The molecule has 1 atom stereocenters. The minimum absolute atomic E-state index is 0.0947. The zero-order valence-electron chi connectivity index (χ0n) is 19.7. The first-order valence-electron chi connectivity index (χ1n) is 12.6. The van der Waals surface area contributed by atoms with Crippen molar-refractivity contribution in [2.45, 2.75) is 142 Å². The van der Waals surface area contributed by atoms with Crippen molar-refractivity contribution in [2.24, 2.45) is 0 Å². The van der Waals surface area contributed by atoms with E-state index in [0.29, 0.717) is 19.3 Å². The molecule has 0 aromatic heterocycles. The van der Waals surface area contributed by atoms with Crippen LogP contribution in [0.5, 0.6) is 0 Å². The molecule has 0 radical (unpaired) electrons. The molecule has 2 N–H and O–H groups in total. The lowest BCUT2D eigenvalue weighted by Gasteiger charge is -2.17. The van der Waals surface area contributed by atoms with E-state index in [-0.39, 0.29) is 18.2 Å². The smallest absolute Gasteiger partial charge is 0.303 e. The second-order valence-electron chi connectivity index (χ2n) is 8.66. The highest BCUT2D eigenvalue weighted by Gasteiger charge is 2.18. The Hall–Kier alpha value is -1.39. The van der Waals surface area contributed by atoms with Crippen LogP contribution in [-0.2, 0) is 14.4 Å². The molecule has 30 heavy (non-hydrogen) atoms. The molecule has 0 fully saturated rings. The van der Waals surface area contributed by atoms with Crippen LogP contribution < -0.4 is 5.32 Å². The van der Waals surface area contributed by atoms with Crippen molar-refractivity contribution in [1.29, 1.82) is 0 Å². The van der Waals surface area contributed by atoms with E-state index in [0.717, 1.165) is 38.5 Å². The quantitative estimate of drug-likeness (QED) is 0.152. The van der Waals surface area contributed by atoms with Gasteiger partial charge in [-0.2, -0.15) is 0 Å². The third kappa shape index (κ3) is 18.6. The number of hydrogen-bond donors (Lipinski definition) is 2. The fourth-order valence-electron chi connectivity index (χ4n) is 3.74. The lowest BCUT2D eigenvalue weighted by atomic mass is 10.0. The van der Waals surface area contributed by atoms with Gasteiger partial charge in [0, 0.05) is 18.9 Å². The Morgan fingerprint density at radius 3 is 1.60 bits per heavy atom. The maximum absolute atomic E-state index is 12.2. The third-order valence-corrected chi connectivity index (χ3v) is 5.70. The minimum Gasteiger partial charge on any atom is -0.481 e. The van der Waals surface area contributed by atoms with Crippen LogP contribution >= 0.6 is 0 Å². The zero-order valence-corrected chi connectivity index (χ0v) is 19.7. The summed E-state index contributed by atoms with van der Waals surface area (Å²) in [5, 5.41) is 11.6. The average molecular weight is 426 g/mol. The maximum Gasteiger partial charge on any atom is 0.303 e. The van der Waals surface area contributed by atoms with Crippen molar-refractivity contribution in [1.82, 2.24) is 5.32 Å². The number of rotatable bonds is 22. The number of Topliss-reactive ketones (excluding diaryl/α,β-unsaturated/α-hetero) is 1. The van der Waals surface area contributed by atoms with Gasteiger partial charge in [-0.25, -0.2) is 0 Å². The van der Waals surface area contributed by atoms with E-state index in [9.17, 15) is 14.4 Å². The topological polar surface area (TPSA) is 83.5 Å². The summed E-state index contributed by atoms with van der Waals surface area (Å²) in [6, 6.07) is -0.0947. The van der Waals surface area contributed by atoms with E-state index in [1.807, 2.05) is 0 Å². The number of carboxylic acid groups (broad SMARTS) is 1. The molecule has 0 saturated heterocycles. The molecule has 0 unspecified atom stereocenters. The van der Waals surface area contributed by atoms with Gasteiger partial charge in [0.1, 0.15) is 0 Å². The largest absolute Gasteiger partial charge is 0.481 e. The first kappa shape index (κ1) is 28.6. The van der Waals surface area contributed by atoms with Gasteiger partial charge in [-0.15, -0.1) is 0 Å². The van der Waals surface area contributed by atoms with Gasteiger partial charge in [0.05, 0.1) is 0 Å². The van der Waals surface area contributed by atoms with Crippen LogP contribution in [0, 0.1) is 0 Å². The van der Waals surface area contributed by atoms with E-state index in [1.54, 1.807) is 0 Å². The molecule has 0 rings (SSSR count). The number of ketones is 1. The Balaban J connectivity index is 3.79. The first-order chi connectivity index (χ1) is 14.5. The van der Waals surface area contributed by atoms with Crippen LogP contribution in [0.15, 0.2) is 0 Å². The van der Waals surface area contributed by atoms with E-state index >= 15 is 0 Å². The number of amides is 1. The summed E-state index contributed by atoms with van der Waals surface area (Å²) in [4.78, 5) is 35.0. The molecule has 0 saturated carbocycles. The minimum atomic E-state index is -0.821. The Kier molecular flexibility index (Phi) is 19.9. The van der Waals surface area contributed by atoms with Crippen LogP contribution in [0.3, 0.4) is 0 Å². The summed E-state index contributed by atoms with van der Waals surface area (Å²) in [7, 11) is 0. The second kappa shape index (κ2) is 20.9. The lowest BCUT2D eigenvalue weighted by molar-refractivity contribution is -0.138. The molecule has 0 aromatic rings. The van der Waals surface area contributed by atoms with Crippen molar-refractivity contribution >= 4 is 17.7 Å². The summed E-state index contributed by atoms with van der Waals surface area (Å²) in [5.74, 6) is -1.64. The highest BCUT2D eigenvalue weighted by molar-refractivity contribution is 6.36. The van der Waals surface area contributed by atoms with Gasteiger partial charge in [0.2, 0.25) is 5.78 Å². The average Bonchev–Trinajstić information content (AvgIpc) is 2.72. The fraction of sp³-hybridized carbons (Fsp3) is 0.880. The number of hydrogen-bond acceptors (Lipinski definition) is 3. The Morgan fingerprint density at radius 1 is 0.633 bits per heavy atom. The highest BCUT2D eigenvalue weighted by Crippen LogP contribution is 2.13. The summed E-state index contributed by atoms with van der Waals surface area (Å²) in [6.45, 7) is 4.32. The van der Waals surface area contributed by atoms with E-state index < -0.39 is 11.9 Å². The molecule has 0 aromatic carbocycles. The van der Waals surface area contributed by atoms with Gasteiger partial charge in [-0.05, 0) is 25.7 Å². The van der Waals surface area contributed by atoms with Crippen molar-refractivity contribution in [3.8, 4) is 0 Å². The normalized spacial score (nSPS) is 11.9. The van der Waals surface area contributed by atoms with Crippen LogP contribution in [-0.4, -0.2) is 28.8 Å². The lowest BCUT2D eigenvalue weighted by Crippen LogP contribution is -2.39. The Morgan fingerprint density at radius 2 is 1.10 bits per heavy atom. The van der Waals surface area contributed by atoms with Crippen LogP contribution in [0.4, 0.5) is 0 Å². The van der Waals surface area contributed by atoms with Crippen LogP contribution in [0.1, 0.15) is 136 Å². The number of unbranched alkanes of at least 4 members (excludes halogenated alkanes) is 12. The standard InChI is InChI=1S/C25H47NO4/c1-3-5-7-8-9-10-11-12-13-14-15-16-20-23(27)25(30)26-22(18-6-4-2)19-17-21-24(28)29/h22H,3-21H2,1-2H3,(H,26,30)(H,28,29)/t22-/m0/s1. The third-order valence-electron chi connectivity index (χ3n) is 5.70. The molecule has 0 spiro atoms. The van der Waals surface area contributed by atoms with Crippen molar-refractivity contribution in [2.75, 3.05) is 0 Å². The molecule has 0 aliphatic rings. The van der Waals surface area contributed by atoms with Crippen LogP contribution in [0.25, 0.3) is 0 Å². The van der Waals surface area contributed by atoms with Gasteiger partial charge < -0.3 is 10.4 Å². The van der Waals surface area contributed by atoms with E-state index in [4.69, 9.17) is 5.11 Å². The number of carboxylic acids is 1. The molecular formula is C25H47NO4.